The molecule has 2 aliphatic heterocycles. The summed E-state index contributed by atoms with van der Waals surface area (Å²) in [7, 11) is 2.02. The summed E-state index contributed by atoms with van der Waals surface area (Å²) in [6.07, 6.45) is 4.28. The van der Waals surface area contributed by atoms with Crippen molar-refractivity contribution in [2.45, 2.75) is 50.5 Å². The highest BCUT2D eigenvalue weighted by molar-refractivity contribution is 6.11. The molecule has 0 bridgehead atoms. The number of aryl methyl sites for hydroxylation is 1. The van der Waals surface area contributed by atoms with Gasteiger partial charge in [0, 0.05) is 30.1 Å². The summed E-state index contributed by atoms with van der Waals surface area (Å²) in [6, 6.07) is 16.5. The van der Waals surface area contributed by atoms with E-state index in [0.29, 0.717) is 13.0 Å². The Labute approximate surface area is 172 Å². The third kappa shape index (κ3) is 2.29. The quantitative estimate of drug-likeness (QED) is 0.788. The van der Waals surface area contributed by atoms with Gasteiger partial charge in [0.1, 0.15) is 11.3 Å². The number of hydrogen-bond donors (Lipinski definition) is 1. The lowest BCUT2D eigenvalue weighted by molar-refractivity contribution is -0.145. The van der Waals surface area contributed by atoms with Gasteiger partial charge in [-0.05, 0) is 38.4 Å². The van der Waals surface area contributed by atoms with Crippen LogP contribution in [-0.2, 0) is 15.1 Å². The number of fused-ring (bicyclic) bond motifs is 3. The van der Waals surface area contributed by atoms with Gasteiger partial charge in [0.25, 0.3) is 5.91 Å². The molecule has 2 aromatic carbocycles. The topological polar surface area (TPSA) is 49.4 Å². The van der Waals surface area contributed by atoms with Crippen molar-refractivity contribution in [2.24, 2.45) is 5.41 Å². The molecule has 0 aromatic heterocycles. The van der Waals surface area contributed by atoms with E-state index in [-0.39, 0.29) is 17.6 Å². The average molecular weight is 389 g/mol. The van der Waals surface area contributed by atoms with E-state index in [2.05, 4.69) is 41.4 Å². The van der Waals surface area contributed by atoms with Crippen molar-refractivity contribution in [3.8, 4) is 0 Å². The van der Waals surface area contributed by atoms with Gasteiger partial charge in [-0.2, -0.15) is 0 Å². The highest BCUT2D eigenvalue weighted by Gasteiger charge is 2.72. The normalized spacial score (nSPS) is 31.9. The monoisotopic (exact) mass is 388 g/mol. The molecule has 3 aliphatic rings. The van der Waals surface area contributed by atoms with Crippen LogP contribution in [0, 0.1) is 12.3 Å². The molecule has 2 aromatic rings. The minimum Gasteiger partial charge on any atom is -0.324 e. The molecule has 1 saturated heterocycles. The van der Waals surface area contributed by atoms with E-state index in [1.165, 1.54) is 11.1 Å². The van der Waals surface area contributed by atoms with Gasteiger partial charge in [0.2, 0.25) is 0 Å². The second kappa shape index (κ2) is 6.53. The summed E-state index contributed by atoms with van der Waals surface area (Å²) in [6.45, 7) is 2.79. The van der Waals surface area contributed by atoms with Crippen LogP contribution in [0.5, 0.6) is 0 Å². The van der Waals surface area contributed by atoms with Crippen LogP contribution in [-0.4, -0.2) is 30.2 Å². The van der Waals surface area contributed by atoms with E-state index in [0.717, 1.165) is 36.9 Å². The fourth-order valence-electron chi connectivity index (χ4n) is 6.39. The molecular formula is C25H28N2O2. The molecule has 4 heteroatoms. The first kappa shape index (κ1) is 18.6. The number of likely N-dealkylation sites (tertiary alicyclic amines) is 1. The number of carbonyl (C=O) groups is 2. The number of benzene rings is 2. The fourth-order valence-corrected chi connectivity index (χ4v) is 6.39. The van der Waals surface area contributed by atoms with Crippen LogP contribution < -0.4 is 5.32 Å². The van der Waals surface area contributed by atoms with Crippen molar-refractivity contribution in [2.75, 3.05) is 18.9 Å². The Bertz CT molecular complexity index is 983. The van der Waals surface area contributed by atoms with E-state index < -0.39 is 11.0 Å². The van der Waals surface area contributed by atoms with E-state index in [1.54, 1.807) is 0 Å². The molecule has 2 heterocycles. The van der Waals surface area contributed by atoms with Crippen LogP contribution in [0.1, 0.15) is 54.7 Å². The highest BCUT2D eigenvalue weighted by Crippen LogP contribution is 2.65. The standard InChI is InChI=1S/C25H28N2O2/c1-17-11-13-18(14-12-17)20-16-27(2)25(24(20)15-7-3-4-10-22(24)28)19-8-5-6-9-21(19)26-23(25)29/h5-6,8-9,11-14,20H,3-4,7,10,15-16H2,1-2H3,(H,26,29)/t20-,24+,25+/m1/s1. The van der Waals surface area contributed by atoms with Crippen molar-refractivity contribution in [3.63, 3.8) is 0 Å². The molecule has 1 aliphatic carbocycles. The van der Waals surface area contributed by atoms with Crippen molar-refractivity contribution in [1.29, 1.82) is 0 Å². The highest BCUT2D eigenvalue weighted by atomic mass is 16.2. The van der Waals surface area contributed by atoms with E-state index in [4.69, 9.17) is 0 Å². The summed E-state index contributed by atoms with van der Waals surface area (Å²) in [4.78, 5) is 29.8. The van der Waals surface area contributed by atoms with Crippen LogP contribution in [0.4, 0.5) is 5.69 Å². The molecule has 4 nitrogen and oxygen atoms in total. The largest absolute Gasteiger partial charge is 0.324 e. The van der Waals surface area contributed by atoms with Gasteiger partial charge in [-0.15, -0.1) is 0 Å². The van der Waals surface area contributed by atoms with Crippen molar-refractivity contribution in [3.05, 3.63) is 65.2 Å². The van der Waals surface area contributed by atoms with Gasteiger partial charge >= 0.3 is 0 Å². The SMILES string of the molecule is Cc1ccc([C@H]2CN(C)[C@@]3(C(=O)Nc4ccccc43)[C@@]23CCCCCC3=O)cc1. The Morgan fingerprint density at radius 2 is 1.76 bits per heavy atom. The predicted molar refractivity (Wildman–Crippen MR) is 114 cm³/mol. The smallest absolute Gasteiger partial charge is 0.250 e. The van der Waals surface area contributed by atoms with Crippen molar-refractivity contribution < 1.29 is 9.59 Å². The zero-order chi connectivity index (χ0) is 20.2. The molecule has 1 amide bonds. The number of likely N-dealkylation sites (N-methyl/N-ethyl adjacent to an activating group) is 1. The number of para-hydroxylation sites is 1. The molecule has 150 valence electrons. The van der Waals surface area contributed by atoms with Crippen LogP contribution in [0.3, 0.4) is 0 Å². The summed E-state index contributed by atoms with van der Waals surface area (Å²) in [5, 5.41) is 3.12. The molecule has 29 heavy (non-hydrogen) atoms. The molecule has 3 atom stereocenters. The Kier molecular flexibility index (Phi) is 4.18. The Morgan fingerprint density at radius 3 is 2.55 bits per heavy atom. The predicted octanol–water partition coefficient (Wildman–Crippen LogP) is 4.39. The van der Waals surface area contributed by atoms with Crippen molar-refractivity contribution >= 4 is 17.4 Å². The molecule has 5 rings (SSSR count). The second-order valence-corrected chi connectivity index (χ2v) is 9.01. The number of anilines is 1. The molecule has 0 radical (unpaired) electrons. The van der Waals surface area contributed by atoms with E-state index in [9.17, 15) is 9.59 Å². The fraction of sp³-hybridized carbons (Fsp3) is 0.440. The number of rotatable bonds is 1. The number of Topliss-reactive ketones (excluding diaryl/α,β-unsaturated/α-hetero) is 1. The summed E-state index contributed by atoms with van der Waals surface area (Å²) in [5.41, 5.74) is 2.54. The van der Waals surface area contributed by atoms with Crippen LogP contribution in [0.15, 0.2) is 48.5 Å². The average Bonchev–Trinajstić information content (AvgIpc) is 3.07. The first-order chi connectivity index (χ1) is 14.0. The van der Waals surface area contributed by atoms with Crippen LogP contribution >= 0.6 is 0 Å². The zero-order valence-electron chi connectivity index (χ0n) is 17.2. The van der Waals surface area contributed by atoms with Crippen LogP contribution in [0.25, 0.3) is 0 Å². The molecule has 1 N–H and O–H groups in total. The third-order valence-corrected chi connectivity index (χ3v) is 7.62. The first-order valence-electron chi connectivity index (χ1n) is 10.7. The number of ketones is 1. The van der Waals surface area contributed by atoms with E-state index in [1.807, 2.05) is 31.3 Å². The maximum atomic E-state index is 13.9. The Morgan fingerprint density at radius 1 is 1.00 bits per heavy atom. The van der Waals surface area contributed by atoms with Gasteiger partial charge in [0.05, 0.1) is 5.41 Å². The lowest BCUT2D eigenvalue weighted by atomic mass is 9.57. The van der Waals surface area contributed by atoms with Gasteiger partial charge in [0.15, 0.2) is 0 Å². The molecular weight excluding hydrogens is 360 g/mol. The summed E-state index contributed by atoms with van der Waals surface area (Å²) < 4.78 is 0. The third-order valence-electron chi connectivity index (χ3n) is 7.62. The maximum absolute atomic E-state index is 13.9. The molecule has 2 fully saturated rings. The summed E-state index contributed by atoms with van der Waals surface area (Å²) >= 11 is 0. The van der Waals surface area contributed by atoms with Crippen molar-refractivity contribution in [1.82, 2.24) is 4.90 Å². The second-order valence-electron chi connectivity index (χ2n) is 9.01. The number of hydrogen-bond acceptors (Lipinski definition) is 3. The van der Waals surface area contributed by atoms with E-state index >= 15 is 0 Å². The number of amides is 1. The van der Waals surface area contributed by atoms with Gasteiger partial charge in [-0.25, -0.2) is 0 Å². The maximum Gasteiger partial charge on any atom is 0.250 e. The summed E-state index contributed by atoms with van der Waals surface area (Å²) in [5.74, 6) is 0.235. The zero-order valence-corrected chi connectivity index (χ0v) is 17.2. The van der Waals surface area contributed by atoms with Gasteiger partial charge in [-0.1, -0.05) is 60.9 Å². The lowest BCUT2D eigenvalue weighted by Crippen LogP contribution is -2.58. The minimum absolute atomic E-state index is 0.00982. The molecule has 2 spiro atoms. The van der Waals surface area contributed by atoms with Gasteiger partial charge < -0.3 is 5.32 Å². The Balaban J connectivity index is 1.80. The van der Waals surface area contributed by atoms with Gasteiger partial charge in [-0.3, -0.25) is 14.5 Å². The number of nitrogens with zero attached hydrogens (tertiary/aromatic N) is 1. The molecule has 1 saturated carbocycles. The minimum atomic E-state index is -0.930. The number of nitrogens with one attached hydrogen (secondary N) is 1. The Hall–Kier alpha value is -2.46. The molecule has 0 unspecified atom stereocenters. The first-order valence-corrected chi connectivity index (χ1v) is 10.7. The lowest BCUT2D eigenvalue weighted by Gasteiger charge is -2.45. The van der Waals surface area contributed by atoms with Crippen LogP contribution in [0.2, 0.25) is 0 Å². The number of carbonyl (C=O) groups excluding carboxylic acids is 2.